The Morgan fingerprint density at radius 3 is 2.81 bits per heavy atom. The van der Waals surface area contributed by atoms with Crippen LogP contribution in [0.5, 0.6) is 5.88 Å². The van der Waals surface area contributed by atoms with Crippen LogP contribution in [0.15, 0.2) is 18.3 Å². The third-order valence-electron chi connectivity index (χ3n) is 1.90. The van der Waals surface area contributed by atoms with E-state index in [0.29, 0.717) is 12.6 Å². The molecule has 1 aromatic heterocycles. The standard InChI is InChI=1S/C11H16F2N2O/c1-8(2)15-6-9-4-3-5-14-11(9)16-7-10(12)13/h3-5,8,10,15H,6-7H2,1-2H3. The van der Waals surface area contributed by atoms with Crippen LogP contribution >= 0.6 is 0 Å². The molecule has 0 bridgehead atoms. The van der Waals surface area contributed by atoms with Crippen molar-refractivity contribution in [3.05, 3.63) is 23.9 Å². The molecule has 0 aromatic carbocycles. The molecule has 0 amide bonds. The summed E-state index contributed by atoms with van der Waals surface area (Å²) in [5, 5.41) is 3.18. The average molecular weight is 230 g/mol. The third kappa shape index (κ3) is 4.53. The summed E-state index contributed by atoms with van der Waals surface area (Å²) in [5.74, 6) is 0.274. The molecule has 0 saturated carbocycles. The predicted molar refractivity (Wildman–Crippen MR) is 57.7 cm³/mol. The maximum atomic E-state index is 12.0. The van der Waals surface area contributed by atoms with Crippen molar-refractivity contribution >= 4 is 0 Å². The van der Waals surface area contributed by atoms with Gasteiger partial charge in [-0.05, 0) is 6.07 Å². The molecule has 1 heterocycles. The number of alkyl halides is 2. The smallest absolute Gasteiger partial charge is 0.272 e. The van der Waals surface area contributed by atoms with Gasteiger partial charge in [-0.25, -0.2) is 13.8 Å². The van der Waals surface area contributed by atoms with Crippen LogP contribution in [0.25, 0.3) is 0 Å². The fraction of sp³-hybridized carbons (Fsp3) is 0.545. The third-order valence-corrected chi connectivity index (χ3v) is 1.90. The predicted octanol–water partition coefficient (Wildman–Crippen LogP) is 2.22. The van der Waals surface area contributed by atoms with Crippen molar-refractivity contribution in [3.63, 3.8) is 0 Å². The molecule has 1 N–H and O–H groups in total. The highest BCUT2D eigenvalue weighted by Crippen LogP contribution is 2.14. The molecule has 1 rings (SSSR count). The number of rotatable bonds is 6. The second-order valence-corrected chi connectivity index (χ2v) is 3.71. The van der Waals surface area contributed by atoms with Crippen molar-refractivity contribution in [2.24, 2.45) is 0 Å². The van der Waals surface area contributed by atoms with Gasteiger partial charge in [-0.3, -0.25) is 0 Å². The number of halogens is 2. The van der Waals surface area contributed by atoms with Gasteiger partial charge in [0.2, 0.25) is 5.88 Å². The van der Waals surface area contributed by atoms with E-state index < -0.39 is 13.0 Å². The monoisotopic (exact) mass is 230 g/mol. The Hall–Kier alpha value is -1.23. The molecule has 0 radical (unpaired) electrons. The van der Waals surface area contributed by atoms with Gasteiger partial charge >= 0.3 is 0 Å². The summed E-state index contributed by atoms with van der Waals surface area (Å²) in [4.78, 5) is 3.93. The van der Waals surface area contributed by atoms with Gasteiger partial charge in [-0.15, -0.1) is 0 Å². The van der Waals surface area contributed by atoms with Crippen LogP contribution in [-0.4, -0.2) is 24.1 Å². The Labute approximate surface area is 93.8 Å². The Kier molecular flexibility index (Phi) is 5.11. The molecule has 16 heavy (non-hydrogen) atoms. The van der Waals surface area contributed by atoms with Crippen LogP contribution in [0.1, 0.15) is 19.4 Å². The van der Waals surface area contributed by atoms with Gasteiger partial charge in [0.1, 0.15) is 0 Å². The van der Waals surface area contributed by atoms with Crippen LogP contribution in [-0.2, 0) is 6.54 Å². The minimum Gasteiger partial charge on any atom is -0.471 e. The number of ether oxygens (including phenoxy) is 1. The molecular weight excluding hydrogens is 214 g/mol. The van der Waals surface area contributed by atoms with Crippen molar-refractivity contribution in [2.75, 3.05) is 6.61 Å². The number of nitrogens with zero attached hydrogens (tertiary/aromatic N) is 1. The SMILES string of the molecule is CC(C)NCc1cccnc1OCC(F)F. The number of nitrogens with one attached hydrogen (secondary N) is 1. The van der Waals surface area contributed by atoms with Crippen molar-refractivity contribution in [3.8, 4) is 5.88 Å². The first-order valence-electron chi connectivity index (χ1n) is 5.18. The lowest BCUT2D eigenvalue weighted by atomic mass is 10.2. The number of aromatic nitrogens is 1. The topological polar surface area (TPSA) is 34.2 Å². The van der Waals surface area contributed by atoms with Gasteiger partial charge in [-0.1, -0.05) is 19.9 Å². The van der Waals surface area contributed by atoms with Gasteiger partial charge in [0.05, 0.1) is 0 Å². The summed E-state index contributed by atoms with van der Waals surface area (Å²) < 4.78 is 28.9. The lowest BCUT2D eigenvalue weighted by Gasteiger charge is -2.12. The molecule has 90 valence electrons. The first-order valence-corrected chi connectivity index (χ1v) is 5.18. The van der Waals surface area contributed by atoms with E-state index in [0.717, 1.165) is 5.56 Å². The molecule has 0 saturated heterocycles. The van der Waals surface area contributed by atoms with Crippen molar-refractivity contribution in [1.29, 1.82) is 0 Å². The summed E-state index contributed by atoms with van der Waals surface area (Å²) >= 11 is 0. The molecule has 0 aliphatic heterocycles. The van der Waals surface area contributed by atoms with Crippen molar-refractivity contribution < 1.29 is 13.5 Å². The van der Waals surface area contributed by atoms with Crippen LogP contribution in [0.2, 0.25) is 0 Å². The average Bonchev–Trinajstić information content (AvgIpc) is 2.24. The minimum atomic E-state index is -2.48. The maximum absolute atomic E-state index is 12.0. The molecule has 0 fully saturated rings. The molecule has 0 aliphatic rings. The summed E-state index contributed by atoms with van der Waals surface area (Å²) in [6, 6.07) is 3.89. The highest BCUT2D eigenvalue weighted by molar-refractivity contribution is 5.25. The van der Waals surface area contributed by atoms with Crippen LogP contribution in [0.4, 0.5) is 8.78 Å². The van der Waals surface area contributed by atoms with E-state index in [1.165, 1.54) is 6.20 Å². The van der Waals surface area contributed by atoms with E-state index in [-0.39, 0.29) is 5.88 Å². The summed E-state index contributed by atoms with van der Waals surface area (Å²) in [5.41, 5.74) is 0.789. The van der Waals surface area contributed by atoms with E-state index in [9.17, 15) is 8.78 Å². The van der Waals surface area contributed by atoms with Gasteiger partial charge in [-0.2, -0.15) is 0 Å². The first-order chi connectivity index (χ1) is 7.59. The van der Waals surface area contributed by atoms with Gasteiger partial charge in [0, 0.05) is 24.3 Å². The lowest BCUT2D eigenvalue weighted by Crippen LogP contribution is -2.22. The number of pyridine rings is 1. The van der Waals surface area contributed by atoms with Gasteiger partial charge < -0.3 is 10.1 Å². The Morgan fingerprint density at radius 1 is 1.44 bits per heavy atom. The molecule has 0 atom stereocenters. The molecule has 0 unspecified atom stereocenters. The quantitative estimate of drug-likeness (QED) is 0.813. The van der Waals surface area contributed by atoms with E-state index in [1.807, 2.05) is 19.9 Å². The summed E-state index contributed by atoms with van der Waals surface area (Å²) in [6.45, 7) is 3.96. The number of hydrogen-bond acceptors (Lipinski definition) is 3. The van der Waals surface area contributed by atoms with E-state index in [4.69, 9.17) is 4.74 Å². The Bertz CT molecular complexity index is 288. The van der Waals surface area contributed by atoms with Crippen LogP contribution in [0, 0.1) is 0 Å². The molecule has 5 heteroatoms. The summed E-state index contributed by atoms with van der Waals surface area (Å²) in [7, 11) is 0. The normalized spacial score (nSPS) is 11.1. The lowest BCUT2D eigenvalue weighted by molar-refractivity contribution is 0.0790. The fourth-order valence-corrected chi connectivity index (χ4v) is 1.14. The fourth-order valence-electron chi connectivity index (χ4n) is 1.14. The highest BCUT2D eigenvalue weighted by Gasteiger charge is 2.08. The van der Waals surface area contributed by atoms with Gasteiger partial charge in [0.25, 0.3) is 6.43 Å². The highest BCUT2D eigenvalue weighted by atomic mass is 19.3. The van der Waals surface area contributed by atoms with E-state index in [2.05, 4.69) is 10.3 Å². The second-order valence-electron chi connectivity index (χ2n) is 3.71. The van der Waals surface area contributed by atoms with E-state index >= 15 is 0 Å². The first kappa shape index (κ1) is 12.8. The Balaban J connectivity index is 2.60. The minimum absolute atomic E-state index is 0.274. The summed E-state index contributed by atoms with van der Waals surface area (Å²) in [6.07, 6.45) is -0.951. The van der Waals surface area contributed by atoms with Gasteiger partial charge in [0.15, 0.2) is 6.61 Å². The Morgan fingerprint density at radius 2 is 2.19 bits per heavy atom. The van der Waals surface area contributed by atoms with Crippen LogP contribution in [0.3, 0.4) is 0 Å². The van der Waals surface area contributed by atoms with E-state index in [1.54, 1.807) is 6.07 Å². The van der Waals surface area contributed by atoms with Crippen molar-refractivity contribution in [2.45, 2.75) is 32.9 Å². The van der Waals surface area contributed by atoms with Crippen LogP contribution < -0.4 is 10.1 Å². The van der Waals surface area contributed by atoms with Crippen molar-refractivity contribution in [1.82, 2.24) is 10.3 Å². The molecule has 1 aromatic rings. The largest absolute Gasteiger partial charge is 0.471 e. The zero-order valence-corrected chi connectivity index (χ0v) is 9.41. The molecule has 0 aliphatic carbocycles. The second kappa shape index (κ2) is 6.37. The molecule has 3 nitrogen and oxygen atoms in total. The maximum Gasteiger partial charge on any atom is 0.272 e. The molecular formula is C11H16F2N2O. The molecule has 0 spiro atoms. The number of hydrogen-bond donors (Lipinski definition) is 1. The zero-order valence-electron chi connectivity index (χ0n) is 9.41. The zero-order chi connectivity index (χ0) is 12.0.